The molecule has 0 amide bonds. The molecule has 0 aromatic heterocycles. The van der Waals surface area contributed by atoms with Crippen LogP contribution in [0.3, 0.4) is 0 Å². The Morgan fingerprint density at radius 3 is 2.94 bits per heavy atom. The Hall–Kier alpha value is -1.22. The number of aromatic hydroxyl groups is 1. The number of anilines is 1. The summed E-state index contributed by atoms with van der Waals surface area (Å²) in [6.07, 6.45) is 3.68. The van der Waals surface area contributed by atoms with E-state index in [-0.39, 0.29) is 0 Å². The Balaban J connectivity index is 2.05. The van der Waals surface area contributed by atoms with Crippen LogP contribution < -0.4 is 11.1 Å². The Labute approximate surface area is 96.7 Å². The molecule has 2 unspecified atom stereocenters. The van der Waals surface area contributed by atoms with Crippen LogP contribution in [0.2, 0.25) is 0 Å². The van der Waals surface area contributed by atoms with Gasteiger partial charge in [0.1, 0.15) is 5.75 Å². The molecule has 0 radical (unpaired) electrons. The zero-order valence-electron chi connectivity index (χ0n) is 9.74. The third-order valence-electron chi connectivity index (χ3n) is 3.51. The maximum Gasteiger partial charge on any atom is 0.118 e. The number of benzene rings is 1. The molecular formula is C13H20N2O. The predicted molar refractivity (Wildman–Crippen MR) is 66.6 cm³/mol. The van der Waals surface area contributed by atoms with Gasteiger partial charge in [0, 0.05) is 11.7 Å². The smallest absolute Gasteiger partial charge is 0.118 e. The SMILES string of the molecule is Cc1cc(NC2CCCC2CN)ccc1O. The van der Waals surface area contributed by atoms with Crippen molar-refractivity contribution in [2.45, 2.75) is 32.2 Å². The molecule has 3 nitrogen and oxygen atoms in total. The van der Waals surface area contributed by atoms with E-state index in [1.165, 1.54) is 19.3 Å². The van der Waals surface area contributed by atoms with E-state index in [1.807, 2.05) is 19.1 Å². The largest absolute Gasteiger partial charge is 0.508 e. The van der Waals surface area contributed by atoms with Crippen molar-refractivity contribution in [3.63, 3.8) is 0 Å². The van der Waals surface area contributed by atoms with Crippen molar-refractivity contribution in [2.75, 3.05) is 11.9 Å². The first-order valence-corrected chi connectivity index (χ1v) is 5.97. The second-order valence-corrected chi connectivity index (χ2v) is 4.68. The summed E-state index contributed by atoms with van der Waals surface area (Å²) in [4.78, 5) is 0. The van der Waals surface area contributed by atoms with E-state index < -0.39 is 0 Å². The molecule has 3 heteroatoms. The lowest BCUT2D eigenvalue weighted by Crippen LogP contribution is -2.29. The summed E-state index contributed by atoms with van der Waals surface area (Å²) in [7, 11) is 0. The van der Waals surface area contributed by atoms with Crippen LogP contribution in [-0.4, -0.2) is 17.7 Å². The van der Waals surface area contributed by atoms with Gasteiger partial charge in [-0.15, -0.1) is 0 Å². The lowest BCUT2D eigenvalue weighted by molar-refractivity contribution is 0.471. The fourth-order valence-corrected chi connectivity index (χ4v) is 2.47. The minimum atomic E-state index is 0.354. The van der Waals surface area contributed by atoms with Gasteiger partial charge in [-0.1, -0.05) is 6.42 Å². The van der Waals surface area contributed by atoms with Crippen molar-refractivity contribution in [2.24, 2.45) is 11.7 Å². The monoisotopic (exact) mass is 220 g/mol. The molecule has 1 aromatic carbocycles. The van der Waals surface area contributed by atoms with Gasteiger partial charge in [-0.25, -0.2) is 0 Å². The van der Waals surface area contributed by atoms with Gasteiger partial charge < -0.3 is 16.2 Å². The van der Waals surface area contributed by atoms with Crippen LogP contribution in [0.25, 0.3) is 0 Å². The zero-order valence-corrected chi connectivity index (χ0v) is 9.74. The molecule has 0 bridgehead atoms. The van der Waals surface area contributed by atoms with Crippen LogP contribution in [0.15, 0.2) is 18.2 Å². The molecule has 0 spiro atoms. The van der Waals surface area contributed by atoms with Crippen LogP contribution in [0.1, 0.15) is 24.8 Å². The summed E-state index contributed by atoms with van der Waals surface area (Å²) in [6.45, 7) is 2.67. The second-order valence-electron chi connectivity index (χ2n) is 4.68. The molecule has 16 heavy (non-hydrogen) atoms. The van der Waals surface area contributed by atoms with Gasteiger partial charge in [0.15, 0.2) is 0 Å². The summed E-state index contributed by atoms with van der Waals surface area (Å²) in [5, 5.41) is 13.0. The highest BCUT2D eigenvalue weighted by atomic mass is 16.3. The second kappa shape index (κ2) is 4.74. The van der Waals surface area contributed by atoms with E-state index in [1.54, 1.807) is 6.07 Å². The van der Waals surface area contributed by atoms with Gasteiger partial charge in [0.05, 0.1) is 0 Å². The van der Waals surface area contributed by atoms with Crippen LogP contribution in [0.4, 0.5) is 5.69 Å². The molecular weight excluding hydrogens is 200 g/mol. The molecule has 0 heterocycles. The number of hydrogen-bond donors (Lipinski definition) is 3. The van der Waals surface area contributed by atoms with E-state index in [9.17, 15) is 5.11 Å². The maximum absolute atomic E-state index is 9.45. The van der Waals surface area contributed by atoms with Crippen LogP contribution in [0.5, 0.6) is 5.75 Å². The Morgan fingerprint density at radius 2 is 2.25 bits per heavy atom. The summed E-state index contributed by atoms with van der Waals surface area (Å²) in [5.74, 6) is 0.946. The molecule has 1 aromatic rings. The van der Waals surface area contributed by atoms with E-state index in [0.29, 0.717) is 17.7 Å². The van der Waals surface area contributed by atoms with Crippen LogP contribution >= 0.6 is 0 Å². The van der Waals surface area contributed by atoms with Gasteiger partial charge in [0.2, 0.25) is 0 Å². The molecule has 2 rings (SSSR count). The van der Waals surface area contributed by atoms with E-state index >= 15 is 0 Å². The van der Waals surface area contributed by atoms with E-state index in [4.69, 9.17) is 5.73 Å². The Kier molecular flexibility index (Phi) is 3.34. The molecule has 0 saturated heterocycles. The van der Waals surface area contributed by atoms with Crippen molar-refractivity contribution in [1.82, 2.24) is 0 Å². The first-order valence-electron chi connectivity index (χ1n) is 5.97. The van der Waals surface area contributed by atoms with Crippen molar-refractivity contribution in [1.29, 1.82) is 0 Å². The van der Waals surface area contributed by atoms with Gasteiger partial charge >= 0.3 is 0 Å². The third kappa shape index (κ3) is 2.30. The van der Waals surface area contributed by atoms with Crippen molar-refractivity contribution in [3.05, 3.63) is 23.8 Å². The number of phenols is 1. The van der Waals surface area contributed by atoms with E-state index in [2.05, 4.69) is 5.32 Å². The topological polar surface area (TPSA) is 58.3 Å². The lowest BCUT2D eigenvalue weighted by Gasteiger charge is -2.21. The molecule has 2 atom stereocenters. The average molecular weight is 220 g/mol. The van der Waals surface area contributed by atoms with E-state index in [0.717, 1.165) is 17.8 Å². The highest BCUT2D eigenvalue weighted by Crippen LogP contribution is 2.29. The summed E-state index contributed by atoms with van der Waals surface area (Å²) < 4.78 is 0. The number of nitrogens with two attached hydrogens (primary N) is 1. The summed E-state index contributed by atoms with van der Waals surface area (Å²) in [6, 6.07) is 6.15. The highest BCUT2D eigenvalue weighted by molar-refractivity contribution is 5.51. The zero-order chi connectivity index (χ0) is 11.5. The molecule has 1 saturated carbocycles. The normalized spacial score (nSPS) is 24.6. The maximum atomic E-state index is 9.45. The summed E-state index contributed by atoms with van der Waals surface area (Å²) >= 11 is 0. The van der Waals surface area contributed by atoms with Crippen molar-refractivity contribution < 1.29 is 5.11 Å². The van der Waals surface area contributed by atoms with Gasteiger partial charge in [-0.2, -0.15) is 0 Å². The molecule has 88 valence electrons. The standard InChI is InChI=1S/C13H20N2O/c1-9-7-11(5-6-13(9)16)15-12-4-2-3-10(12)8-14/h5-7,10,12,15-16H,2-4,8,14H2,1H3. The molecule has 1 aliphatic carbocycles. The summed E-state index contributed by atoms with van der Waals surface area (Å²) in [5.41, 5.74) is 7.75. The third-order valence-corrected chi connectivity index (χ3v) is 3.51. The fourth-order valence-electron chi connectivity index (χ4n) is 2.47. The number of rotatable bonds is 3. The quantitative estimate of drug-likeness (QED) is 0.685. The van der Waals surface area contributed by atoms with Gasteiger partial charge in [0.25, 0.3) is 0 Å². The van der Waals surface area contributed by atoms with Gasteiger partial charge in [-0.3, -0.25) is 0 Å². The molecule has 4 N–H and O–H groups in total. The number of phenolic OH excluding ortho intramolecular Hbond substituents is 1. The minimum absolute atomic E-state index is 0.354. The average Bonchev–Trinajstić information content (AvgIpc) is 2.71. The first-order chi connectivity index (χ1) is 7.70. The first kappa shape index (κ1) is 11.3. The molecule has 1 fully saturated rings. The minimum Gasteiger partial charge on any atom is -0.508 e. The number of hydrogen-bond acceptors (Lipinski definition) is 3. The van der Waals surface area contributed by atoms with Gasteiger partial charge in [-0.05, 0) is 56.0 Å². The predicted octanol–water partition coefficient (Wildman–Crippen LogP) is 2.24. The Morgan fingerprint density at radius 1 is 1.44 bits per heavy atom. The van der Waals surface area contributed by atoms with Crippen LogP contribution in [-0.2, 0) is 0 Å². The van der Waals surface area contributed by atoms with Crippen molar-refractivity contribution in [3.8, 4) is 5.75 Å². The van der Waals surface area contributed by atoms with Crippen LogP contribution in [0, 0.1) is 12.8 Å². The number of aryl methyl sites for hydroxylation is 1. The molecule has 1 aliphatic rings. The fraction of sp³-hybridized carbons (Fsp3) is 0.538. The number of nitrogens with one attached hydrogen (secondary N) is 1. The highest BCUT2D eigenvalue weighted by Gasteiger charge is 2.25. The molecule has 0 aliphatic heterocycles. The lowest BCUT2D eigenvalue weighted by atomic mass is 10.0. The van der Waals surface area contributed by atoms with Crippen molar-refractivity contribution >= 4 is 5.69 Å². The Bertz CT molecular complexity index is 365.